The molecular formula is C21H25FN2. The van der Waals surface area contributed by atoms with Gasteiger partial charge in [-0.3, -0.25) is 4.99 Å². The maximum atomic E-state index is 14.6. The summed E-state index contributed by atoms with van der Waals surface area (Å²) in [5, 5.41) is 0. The van der Waals surface area contributed by atoms with E-state index in [1.165, 1.54) is 5.56 Å². The standard InChI is InChI=1S/C21H25FN2/c1-14-8-6-7-9-19(14)23-13-16-10-17-15(2)12-21(3,4)24(5)20(17)11-18(16)22/h6-11,13,15H,12H2,1-5H3. The normalized spacial score (nSPS) is 19.6. The molecule has 2 nitrogen and oxygen atoms in total. The van der Waals surface area contributed by atoms with Gasteiger partial charge in [0.2, 0.25) is 0 Å². The number of rotatable bonds is 2. The summed E-state index contributed by atoms with van der Waals surface area (Å²) in [6, 6.07) is 11.5. The Morgan fingerprint density at radius 1 is 1.25 bits per heavy atom. The number of halogens is 1. The van der Waals surface area contributed by atoms with Gasteiger partial charge in [0.05, 0.1) is 5.69 Å². The second-order valence-corrected chi connectivity index (χ2v) is 7.45. The Kier molecular flexibility index (Phi) is 4.20. The molecule has 0 N–H and O–H groups in total. The average Bonchev–Trinajstić information content (AvgIpc) is 2.52. The maximum absolute atomic E-state index is 14.6. The summed E-state index contributed by atoms with van der Waals surface area (Å²) < 4.78 is 14.6. The monoisotopic (exact) mass is 324 g/mol. The van der Waals surface area contributed by atoms with Crippen molar-refractivity contribution in [3.8, 4) is 0 Å². The van der Waals surface area contributed by atoms with Crippen molar-refractivity contribution in [3.63, 3.8) is 0 Å². The lowest BCUT2D eigenvalue weighted by Crippen LogP contribution is -2.45. The Labute approximate surface area is 144 Å². The van der Waals surface area contributed by atoms with Crippen LogP contribution in [-0.4, -0.2) is 18.8 Å². The van der Waals surface area contributed by atoms with Gasteiger partial charge in [-0.25, -0.2) is 4.39 Å². The number of hydrogen-bond donors (Lipinski definition) is 0. The van der Waals surface area contributed by atoms with Gasteiger partial charge in [-0.05, 0) is 62.4 Å². The third-order valence-electron chi connectivity index (χ3n) is 5.21. The molecule has 0 spiro atoms. The first-order valence-corrected chi connectivity index (χ1v) is 8.46. The fourth-order valence-corrected chi connectivity index (χ4v) is 3.55. The molecule has 0 fully saturated rings. The van der Waals surface area contributed by atoms with Crippen molar-refractivity contribution in [2.75, 3.05) is 11.9 Å². The molecule has 0 radical (unpaired) electrons. The number of anilines is 1. The van der Waals surface area contributed by atoms with Crippen LogP contribution in [0.5, 0.6) is 0 Å². The Balaban J connectivity index is 2.01. The number of benzene rings is 2. The summed E-state index contributed by atoms with van der Waals surface area (Å²) in [6.45, 7) is 8.64. The summed E-state index contributed by atoms with van der Waals surface area (Å²) in [5.41, 5.74) is 4.74. The van der Waals surface area contributed by atoms with E-state index in [1.807, 2.05) is 44.3 Å². The Hall–Kier alpha value is -2.16. The average molecular weight is 324 g/mol. The van der Waals surface area contributed by atoms with Gasteiger partial charge in [0.1, 0.15) is 5.82 Å². The van der Waals surface area contributed by atoms with Crippen LogP contribution in [0.1, 0.15) is 49.8 Å². The van der Waals surface area contributed by atoms with E-state index in [0.29, 0.717) is 11.5 Å². The molecule has 0 saturated carbocycles. The zero-order valence-corrected chi connectivity index (χ0v) is 15.1. The van der Waals surface area contributed by atoms with Crippen molar-refractivity contribution in [3.05, 3.63) is 58.9 Å². The highest BCUT2D eigenvalue weighted by atomic mass is 19.1. The fourth-order valence-electron chi connectivity index (χ4n) is 3.55. The van der Waals surface area contributed by atoms with E-state index in [9.17, 15) is 4.39 Å². The molecule has 0 saturated heterocycles. The van der Waals surface area contributed by atoms with Crippen molar-refractivity contribution >= 4 is 17.6 Å². The minimum absolute atomic E-state index is 0.0373. The van der Waals surface area contributed by atoms with Gasteiger partial charge in [-0.2, -0.15) is 0 Å². The zero-order chi connectivity index (χ0) is 17.5. The van der Waals surface area contributed by atoms with Gasteiger partial charge >= 0.3 is 0 Å². The third-order valence-corrected chi connectivity index (χ3v) is 5.21. The summed E-state index contributed by atoms with van der Waals surface area (Å²) in [4.78, 5) is 6.67. The van der Waals surface area contributed by atoms with Gasteiger partial charge in [-0.1, -0.05) is 25.1 Å². The van der Waals surface area contributed by atoms with Gasteiger partial charge in [0, 0.05) is 30.1 Å². The molecule has 0 aliphatic carbocycles. The van der Waals surface area contributed by atoms with Crippen LogP contribution in [0.2, 0.25) is 0 Å². The fraction of sp³-hybridized carbons (Fsp3) is 0.381. The molecule has 3 heteroatoms. The zero-order valence-electron chi connectivity index (χ0n) is 15.1. The minimum Gasteiger partial charge on any atom is -0.369 e. The van der Waals surface area contributed by atoms with Crippen LogP contribution in [0.4, 0.5) is 15.8 Å². The summed E-state index contributed by atoms with van der Waals surface area (Å²) in [6.07, 6.45) is 2.70. The van der Waals surface area contributed by atoms with Gasteiger partial charge in [0.15, 0.2) is 0 Å². The smallest absolute Gasteiger partial charge is 0.134 e. The van der Waals surface area contributed by atoms with E-state index in [-0.39, 0.29) is 11.4 Å². The second kappa shape index (κ2) is 6.04. The molecule has 24 heavy (non-hydrogen) atoms. The lowest BCUT2D eigenvalue weighted by Gasteiger charge is -2.45. The summed E-state index contributed by atoms with van der Waals surface area (Å²) in [5.74, 6) is 0.181. The highest BCUT2D eigenvalue weighted by molar-refractivity contribution is 5.84. The van der Waals surface area contributed by atoms with Gasteiger partial charge < -0.3 is 4.90 Å². The quantitative estimate of drug-likeness (QED) is 0.656. The first-order valence-electron chi connectivity index (χ1n) is 8.46. The van der Waals surface area contributed by atoms with E-state index in [4.69, 9.17) is 0 Å². The lowest BCUT2D eigenvalue weighted by atomic mass is 9.80. The molecule has 1 unspecified atom stereocenters. The van der Waals surface area contributed by atoms with Crippen molar-refractivity contribution in [2.45, 2.75) is 45.6 Å². The Bertz CT molecular complexity index is 792. The number of hydrogen-bond acceptors (Lipinski definition) is 2. The van der Waals surface area contributed by atoms with E-state index in [2.05, 4.69) is 30.7 Å². The van der Waals surface area contributed by atoms with E-state index >= 15 is 0 Å². The number of aliphatic imine (C=N–C) groups is 1. The molecule has 3 rings (SSSR count). The first kappa shape index (κ1) is 16.7. The third kappa shape index (κ3) is 2.95. The topological polar surface area (TPSA) is 15.6 Å². The van der Waals surface area contributed by atoms with Crippen LogP contribution in [0.15, 0.2) is 41.4 Å². The van der Waals surface area contributed by atoms with Crippen molar-refractivity contribution in [1.82, 2.24) is 0 Å². The van der Waals surface area contributed by atoms with Gasteiger partial charge in [0.25, 0.3) is 0 Å². The van der Waals surface area contributed by atoms with Gasteiger partial charge in [-0.15, -0.1) is 0 Å². The van der Waals surface area contributed by atoms with E-state index in [0.717, 1.165) is 23.4 Å². The van der Waals surface area contributed by atoms with Crippen LogP contribution in [0, 0.1) is 12.7 Å². The Morgan fingerprint density at radius 2 is 1.96 bits per heavy atom. The first-order chi connectivity index (χ1) is 11.3. The second-order valence-electron chi connectivity index (χ2n) is 7.45. The number of para-hydroxylation sites is 1. The predicted octanol–water partition coefficient (Wildman–Crippen LogP) is 5.61. The van der Waals surface area contributed by atoms with E-state index in [1.54, 1.807) is 12.3 Å². The SMILES string of the molecule is Cc1ccccc1N=Cc1cc2c(cc1F)N(C)C(C)(C)CC2C. The van der Waals surface area contributed by atoms with E-state index < -0.39 is 0 Å². The number of nitrogens with zero attached hydrogens (tertiary/aromatic N) is 2. The van der Waals surface area contributed by atoms with Crippen molar-refractivity contribution < 1.29 is 4.39 Å². The molecule has 0 bridgehead atoms. The molecule has 1 atom stereocenters. The molecule has 1 aliphatic heterocycles. The van der Waals surface area contributed by atoms with Crippen LogP contribution in [0.25, 0.3) is 0 Å². The highest BCUT2D eigenvalue weighted by Gasteiger charge is 2.34. The largest absolute Gasteiger partial charge is 0.369 e. The molecule has 2 aromatic rings. The van der Waals surface area contributed by atoms with Crippen LogP contribution < -0.4 is 4.90 Å². The lowest BCUT2D eigenvalue weighted by molar-refractivity contribution is 0.394. The molecule has 126 valence electrons. The van der Waals surface area contributed by atoms with Crippen molar-refractivity contribution in [2.24, 2.45) is 4.99 Å². The molecule has 1 aliphatic rings. The van der Waals surface area contributed by atoms with Crippen LogP contribution in [0.3, 0.4) is 0 Å². The Morgan fingerprint density at radius 3 is 2.67 bits per heavy atom. The molecular weight excluding hydrogens is 299 g/mol. The van der Waals surface area contributed by atoms with Crippen LogP contribution in [-0.2, 0) is 0 Å². The predicted molar refractivity (Wildman–Crippen MR) is 100 cm³/mol. The molecule has 0 aromatic heterocycles. The highest BCUT2D eigenvalue weighted by Crippen LogP contribution is 2.43. The molecule has 0 amide bonds. The summed E-state index contributed by atoms with van der Waals surface area (Å²) in [7, 11) is 2.05. The number of aryl methyl sites for hydroxylation is 1. The number of fused-ring (bicyclic) bond motifs is 1. The van der Waals surface area contributed by atoms with Crippen molar-refractivity contribution in [1.29, 1.82) is 0 Å². The molecule has 1 heterocycles. The maximum Gasteiger partial charge on any atom is 0.134 e. The minimum atomic E-state index is -0.220. The summed E-state index contributed by atoms with van der Waals surface area (Å²) >= 11 is 0. The molecule has 2 aromatic carbocycles. The van der Waals surface area contributed by atoms with Crippen LogP contribution >= 0.6 is 0 Å².